The number of nitrogens with one attached hydrogen (secondary N) is 1. The topological polar surface area (TPSA) is 55.1 Å². The molecule has 1 aromatic carbocycles. The molecule has 1 unspecified atom stereocenters. The fraction of sp³-hybridized carbons (Fsp3) is 0.417. The first-order valence-electron chi connectivity index (χ1n) is 5.57. The summed E-state index contributed by atoms with van der Waals surface area (Å²) in [7, 11) is 0. The first-order valence-corrected chi connectivity index (χ1v) is 5.57. The molecule has 1 aliphatic rings. The van der Waals surface area contributed by atoms with Crippen molar-refractivity contribution in [2.45, 2.75) is 18.9 Å². The van der Waals surface area contributed by atoms with E-state index in [2.05, 4.69) is 5.32 Å². The molecule has 1 atom stereocenters. The van der Waals surface area contributed by atoms with E-state index >= 15 is 0 Å². The maximum Gasteiger partial charge on any atom is 0.251 e. The van der Waals surface area contributed by atoms with Crippen LogP contribution in [0.2, 0.25) is 0 Å². The average molecular weight is 240 g/mol. The van der Waals surface area contributed by atoms with Crippen molar-refractivity contribution in [3.05, 3.63) is 35.4 Å². The minimum absolute atomic E-state index is 0.0124. The first kappa shape index (κ1) is 12.0. The molecule has 0 radical (unpaired) electrons. The van der Waals surface area contributed by atoms with Gasteiger partial charge in [-0.3, -0.25) is 4.79 Å². The number of amides is 1. The highest BCUT2D eigenvalue weighted by Crippen LogP contribution is 2.32. The van der Waals surface area contributed by atoms with Gasteiger partial charge in [-0.05, 0) is 30.9 Å². The number of halogens is 2. The Hall–Kier alpha value is -1.49. The molecule has 1 aromatic rings. The highest BCUT2D eigenvalue weighted by Gasteiger charge is 2.31. The lowest BCUT2D eigenvalue weighted by atomic mass is 10.1. The minimum atomic E-state index is -0.758. The molecule has 1 aliphatic carbocycles. The average Bonchev–Trinajstić information content (AvgIpc) is 3.08. The van der Waals surface area contributed by atoms with Gasteiger partial charge in [0.1, 0.15) is 11.6 Å². The third-order valence-corrected chi connectivity index (χ3v) is 2.89. The summed E-state index contributed by atoms with van der Waals surface area (Å²) in [4.78, 5) is 11.8. The molecule has 1 amide bonds. The maximum absolute atomic E-state index is 12.9. The highest BCUT2D eigenvalue weighted by atomic mass is 19.1. The Bertz CT molecular complexity index is 412. The number of nitrogens with two attached hydrogens (primary N) is 1. The Morgan fingerprint density at radius 3 is 2.41 bits per heavy atom. The number of rotatable bonds is 4. The number of hydrogen-bond donors (Lipinski definition) is 2. The summed E-state index contributed by atoms with van der Waals surface area (Å²) in [6.45, 7) is 0.341. The Morgan fingerprint density at radius 1 is 1.35 bits per heavy atom. The van der Waals surface area contributed by atoms with Gasteiger partial charge >= 0.3 is 0 Å². The fourth-order valence-electron chi connectivity index (χ4n) is 1.80. The molecule has 1 saturated carbocycles. The van der Waals surface area contributed by atoms with Crippen LogP contribution in [0.5, 0.6) is 0 Å². The lowest BCUT2D eigenvalue weighted by Gasteiger charge is -2.15. The molecular weight excluding hydrogens is 226 g/mol. The van der Waals surface area contributed by atoms with E-state index in [0.29, 0.717) is 12.5 Å². The fourth-order valence-corrected chi connectivity index (χ4v) is 1.80. The van der Waals surface area contributed by atoms with Gasteiger partial charge in [-0.2, -0.15) is 0 Å². The van der Waals surface area contributed by atoms with Gasteiger partial charge < -0.3 is 11.1 Å². The zero-order chi connectivity index (χ0) is 12.4. The molecule has 17 heavy (non-hydrogen) atoms. The van der Waals surface area contributed by atoms with Crippen molar-refractivity contribution in [1.29, 1.82) is 0 Å². The third kappa shape index (κ3) is 3.00. The lowest BCUT2D eigenvalue weighted by Crippen LogP contribution is -2.41. The summed E-state index contributed by atoms with van der Waals surface area (Å²) in [6.07, 6.45) is 2.08. The Kier molecular flexibility index (Phi) is 3.38. The van der Waals surface area contributed by atoms with Crippen molar-refractivity contribution in [2.24, 2.45) is 11.7 Å². The van der Waals surface area contributed by atoms with Crippen LogP contribution in [0.3, 0.4) is 0 Å². The molecule has 2 rings (SSSR count). The monoisotopic (exact) mass is 240 g/mol. The predicted octanol–water partition coefficient (Wildman–Crippen LogP) is 1.43. The molecule has 0 heterocycles. The normalized spacial score (nSPS) is 16.6. The molecule has 0 saturated heterocycles. The van der Waals surface area contributed by atoms with Crippen molar-refractivity contribution in [1.82, 2.24) is 5.32 Å². The van der Waals surface area contributed by atoms with Crippen LogP contribution < -0.4 is 11.1 Å². The molecule has 0 spiro atoms. The molecular formula is C12H14F2N2O. The van der Waals surface area contributed by atoms with Crippen LogP contribution in [0.25, 0.3) is 0 Å². The predicted molar refractivity (Wildman–Crippen MR) is 59.4 cm³/mol. The van der Waals surface area contributed by atoms with Crippen LogP contribution >= 0.6 is 0 Å². The van der Waals surface area contributed by atoms with Gasteiger partial charge in [0.2, 0.25) is 0 Å². The van der Waals surface area contributed by atoms with Crippen LogP contribution in [-0.4, -0.2) is 18.5 Å². The van der Waals surface area contributed by atoms with Crippen LogP contribution in [0, 0.1) is 17.6 Å². The van der Waals surface area contributed by atoms with Crippen LogP contribution in [0.4, 0.5) is 8.78 Å². The van der Waals surface area contributed by atoms with Crippen LogP contribution in [0.15, 0.2) is 18.2 Å². The second kappa shape index (κ2) is 4.79. The smallest absolute Gasteiger partial charge is 0.251 e. The van der Waals surface area contributed by atoms with Crippen molar-refractivity contribution < 1.29 is 13.6 Å². The second-order valence-corrected chi connectivity index (χ2v) is 4.31. The molecule has 3 N–H and O–H groups in total. The minimum Gasteiger partial charge on any atom is -0.348 e. The standard InChI is InChI=1S/C12H14F2N2O/c13-9-3-8(4-10(14)5-9)12(17)16-11(6-15)7-1-2-7/h3-5,7,11H,1-2,6,15H2,(H,16,17). The molecule has 92 valence electrons. The highest BCUT2D eigenvalue weighted by molar-refractivity contribution is 5.94. The SMILES string of the molecule is NCC(NC(=O)c1cc(F)cc(F)c1)C1CC1. The van der Waals surface area contributed by atoms with E-state index < -0.39 is 17.5 Å². The largest absolute Gasteiger partial charge is 0.348 e. The first-order chi connectivity index (χ1) is 8.10. The van der Waals surface area contributed by atoms with Crippen molar-refractivity contribution >= 4 is 5.91 Å². The van der Waals surface area contributed by atoms with E-state index in [1.807, 2.05) is 0 Å². The Balaban J connectivity index is 2.07. The number of carbonyl (C=O) groups is 1. The number of carbonyl (C=O) groups excluding carboxylic acids is 1. The second-order valence-electron chi connectivity index (χ2n) is 4.31. The molecule has 3 nitrogen and oxygen atoms in total. The molecule has 5 heteroatoms. The van der Waals surface area contributed by atoms with Crippen molar-refractivity contribution in [2.75, 3.05) is 6.54 Å². The molecule has 0 aromatic heterocycles. The summed E-state index contributed by atoms with van der Waals surface area (Å²) >= 11 is 0. The van der Waals surface area contributed by atoms with E-state index in [0.717, 1.165) is 31.0 Å². The van der Waals surface area contributed by atoms with E-state index in [9.17, 15) is 13.6 Å². The molecule has 0 bridgehead atoms. The number of benzene rings is 1. The van der Waals surface area contributed by atoms with Gasteiger partial charge in [-0.1, -0.05) is 0 Å². The third-order valence-electron chi connectivity index (χ3n) is 2.89. The van der Waals surface area contributed by atoms with Crippen molar-refractivity contribution in [3.63, 3.8) is 0 Å². The van der Waals surface area contributed by atoms with Gasteiger partial charge in [0, 0.05) is 24.2 Å². The van der Waals surface area contributed by atoms with Crippen LogP contribution in [-0.2, 0) is 0 Å². The van der Waals surface area contributed by atoms with Crippen molar-refractivity contribution in [3.8, 4) is 0 Å². The van der Waals surface area contributed by atoms with E-state index in [1.165, 1.54) is 0 Å². The van der Waals surface area contributed by atoms with Gasteiger partial charge in [-0.15, -0.1) is 0 Å². The summed E-state index contributed by atoms with van der Waals surface area (Å²) in [5.41, 5.74) is 5.52. The zero-order valence-corrected chi connectivity index (χ0v) is 9.25. The maximum atomic E-state index is 12.9. The quantitative estimate of drug-likeness (QED) is 0.836. The summed E-state index contributed by atoms with van der Waals surface area (Å²) in [5.74, 6) is -1.59. The van der Waals surface area contributed by atoms with E-state index in [1.54, 1.807) is 0 Å². The molecule has 0 aliphatic heterocycles. The van der Waals surface area contributed by atoms with Gasteiger partial charge in [-0.25, -0.2) is 8.78 Å². The molecule has 1 fully saturated rings. The zero-order valence-electron chi connectivity index (χ0n) is 9.25. The number of hydrogen-bond acceptors (Lipinski definition) is 2. The Labute approximate surface area is 98.0 Å². The van der Waals surface area contributed by atoms with Gasteiger partial charge in [0.25, 0.3) is 5.91 Å². The summed E-state index contributed by atoms with van der Waals surface area (Å²) in [5, 5.41) is 2.70. The van der Waals surface area contributed by atoms with E-state index in [-0.39, 0.29) is 11.6 Å². The van der Waals surface area contributed by atoms with E-state index in [4.69, 9.17) is 5.73 Å². The van der Waals surface area contributed by atoms with Gasteiger partial charge in [0.05, 0.1) is 0 Å². The lowest BCUT2D eigenvalue weighted by molar-refractivity contribution is 0.0932. The van der Waals surface area contributed by atoms with Crippen LogP contribution in [0.1, 0.15) is 23.2 Å². The Morgan fingerprint density at radius 2 is 1.94 bits per heavy atom. The summed E-state index contributed by atoms with van der Waals surface area (Å²) in [6, 6.07) is 2.66. The van der Waals surface area contributed by atoms with Gasteiger partial charge in [0.15, 0.2) is 0 Å². The summed E-state index contributed by atoms with van der Waals surface area (Å²) < 4.78 is 25.9.